The van der Waals surface area contributed by atoms with Gasteiger partial charge in [0, 0.05) is 29.2 Å². The maximum absolute atomic E-state index is 12.4. The van der Waals surface area contributed by atoms with Gasteiger partial charge in [-0.3, -0.25) is 9.59 Å². The lowest BCUT2D eigenvalue weighted by Crippen LogP contribution is -2.39. The van der Waals surface area contributed by atoms with Crippen molar-refractivity contribution in [2.45, 2.75) is 20.5 Å². The Morgan fingerprint density at radius 1 is 1.38 bits per heavy atom. The van der Waals surface area contributed by atoms with Gasteiger partial charge < -0.3 is 15.0 Å². The highest BCUT2D eigenvalue weighted by atomic mass is 79.9. The molecule has 0 aliphatic heterocycles. The number of benzene rings is 1. The van der Waals surface area contributed by atoms with Gasteiger partial charge >= 0.3 is 6.61 Å². The SMILES string of the molecule is CCNC(=O)CN(CC)C(=O)/C=C/c1cc(Br)ccc1OC(F)F. The smallest absolute Gasteiger partial charge is 0.387 e. The molecule has 1 aromatic rings. The van der Waals surface area contributed by atoms with Gasteiger partial charge in [0.1, 0.15) is 5.75 Å². The molecule has 5 nitrogen and oxygen atoms in total. The number of hydrogen-bond donors (Lipinski definition) is 1. The Kier molecular flexibility index (Phi) is 8.39. The minimum atomic E-state index is -2.96. The summed E-state index contributed by atoms with van der Waals surface area (Å²) in [5.74, 6) is -0.693. The highest BCUT2D eigenvalue weighted by Crippen LogP contribution is 2.26. The first-order valence-corrected chi connectivity index (χ1v) is 8.14. The van der Waals surface area contributed by atoms with Crippen LogP contribution in [0.3, 0.4) is 0 Å². The van der Waals surface area contributed by atoms with E-state index in [1.54, 1.807) is 26.0 Å². The van der Waals surface area contributed by atoms with Crippen molar-refractivity contribution >= 4 is 33.8 Å². The molecule has 0 aromatic heterocycles. The summed E-state index contributed by atoms with van der Waals surface area (Å²) in [6.07, 6.45) is 2.61. The third-order valence-corrected chi connectivity index (χ3v) is 3.49. The standard InChI is InChI=1S/C16H19BrF2N2O3/c1-3-20-14(22)10-21(4-2)15(23)8-5-11-9-12(17)6-7-13(11)24-16(18)19/h5-9,16H,3-4,10H2,1-2H3,(H,20,22)/b8-5+. The normalized spacial score (nSPS) is 10.9. The fourth-order valence-corrected chi connectivity index (χ4v) is 2.27. The average Bonchev–Trinajstić information content (AvgIpc) is 2.52. The topological polar surface area (TPSA) is 58.6 Å². The van der Waals surface area contributed by atoms with Crippen LogP contribution in [0, 0.1) is 0 Å². The Bertz CT molecular complexity index is 609. The summed E-state index contributed by atoms with van der Waals surface area (Å²) in [5, 5.41) is 2.61. The van der Waals surface area contributed by atoms with Crippen LogP contribution in [0.15, 0.2) is 28.7 Å². The van der Waals surface area contributed by atoms with Crippen LogP contribution in [0.2, 0.25) is 0 Å². The number of ether oxygens (including phenoxy) is 1. The fraction of sp³-hybridized carbons (Fsp3) is 0.375. The van der Waals surface area contributed by atoms with Gasteiger partial charge in [-0.25, -0.2) is 0 Å². The van der Waals surface area contributed by atoms with E-state index in [1.165, 1.54) is 23.1 Å². The van der Waals surface area contributed by atoms with Crippen molar-refractivity contribution < 1.29 is 23.1 Å². The Balaban J connectivity index is 2.88. The predicted octanol–water partition coefficient (Wildman–Crippen LogP) is 3.05. The molecule has 0 aliphatic carbocycles. The van der Waals surface area contributed by atoms with Crippen LogP contribution in [0.25, 0.3) is 6.08 Å². The van der Waals surface area contributed by atoms with E-state index in [4.69, 9.17) is 0 Å². The highest BCUT2D eigenvalue weighted by Gasteiger charge is 2.13. The van der Waals surface area contributed by atoms with Gasteiger partial charge in [-0.05, 0) is 38.1 Å². The molecule has 1 rings (SSSR count). The maximum Gasteiger partial charge on any atom is 0.387 e. The highest BCUT2D eigenvalue weighted by molar-refractivity contribution is 9.10. The lowest BCUT2D eigenvalue weighted by atomic mass is 10.2. The number of nitrogens with zero attached hydrogens (tertiary/aromatic N) is 1. The first-order valence-electron chi connectivity index (χ1n) is 7.35. The lowest BCUT2D eigenvalue weighted by Gasteiger charge is -2.18. The van der Waals surface area contributed by atoms with E-state index in [9.17, 15) is 18.4 Å². The molecular weight excluding hydrogens is 386 g/mol. The molecule has 8 heteroatoms. The molecule has 0 aliphatic rings. The van der Waals surface area contributed by atoms with E-state index < -0.39 is 12.5 Å². The summed E-state index contributed by atoms with van der Waals surface area (Å²) < 4.78 is 29.9. The van der Waals surface area contributed by atoms with Crippen molar-refractivity contribution in [1.82, 2.24) is 10.2 Å². The van der Waals surface area contributed by atoms with Gasteiger partial charge in [-0.2, -0.15) is 8.78 Å². The molecular formula is C16H19BrF2N2O3. The number of carbonyl (C=O) groups excluding carboxylic acids is 2. The largest absolute Gasteiger partial charge is 0.434 e. The lowest BCUT2D eigenvalue weighted by molar-refractivity contribution is -0.132. The summed E-state index contributed by atoms with van der Waals surface area (Å²) in [5.41, 5.74) is 0.326. The van der Waals surface area contributed by atoms with Crippen LogP contribution in [0.5, 0.6) is 5.75 Å². The number of nitrogens with one attached hydrogen (secondary N) is 1. The molecule has 0 atom stereocenters. The van der Waals surface area contributed by atoms with Crippen molar-refractivity contribution in [3.63, 3.8) is 0 Å². The van der Waals surface area contributed by atoms with E-state index >= 15 is 0 Å². The third kappa shape index (κ3) is 6.66. The predicted molar refractivity (Wildman–Crippen MR) is 90.7 cm³/mol. The number of hydrogen-bond acceptors (Lipinski definition) is 3. The number of likely N-dealkylation sites (N-methyl/N-ethyl adjacent to an activating group) is 2. The number of alkyl halides is 2. The summed E-state index contributed by atoms with van der Waals surface area (Å²) in [6, 6.07) is 4.50. The van der Waals surface area contributed by atoms with E-state index in [0.717, 1.165) is 0 Å². The van der Waals surface area contributed by atoms with Crippen LogP contribution in [-0.2, 0) is 9.59 Å². The van der Waals surface area contributed by atoms with Gasteiger partial charge in [0.05, 0.1) is 6.54 Å². The van der Waals surface area contributed by atoms with Gasteiger partial charge in [0.25, 0.3) is 0 Å². The summed E-state index contributed by atoms with van der Waals surface area (Å²) >= 11 is 3.24. The zero-order chi connectivity index (χ0) is 18.1. The van der Waals surface area contributed by atoms with Crippen LogP contribution in [0.1, 0.15) is 19.4 Å². The molecule has 0 bridgehead atoms. The number of amides is 2. The molecule has 0 fully saturated rings. The second kappa shape index (κ2) is 10.0. The zero-order valence-electron chi connectivity index (χ0n) is 13.4. The Labute approximate surface area is 147 Å². The molecule has 0 radical (unpaired) electrons. The van der Waals surface area contributed by atoms with Crippen molar-refractivity contribution in [2.24, 2.45) is 0 Å². The van der Waals surface area contributed by atoms with Gasteiger partial charge in [-0.15, -0.1) is 0 Å². The van der Waals surface area contributed by atoms with E-state index in [-0.39, 0.29) is 18.2 Å². The minimum absolute atomic E-state index is 0.0379. The molecule has 0 saturated carbocycles. The van der Waals surface area contributed by atoms with Crippen LogP contribution in [0.4, 0.5) is 8.78 Å². The second-order valence-electron chi connectivity index (χ2n) is 4.70. The van der Waals surface area contributed by atoms with Crippen LogP contribution in [-0.4, -0.2) is 43.0 Å². The first kappa shape index (κ1) is 20.1. The van der Waals surface area contributed by atoms with Crippen LogP contribution < -0.4 is 10.1 Å². The molecule has 0 saturated heterocycles. The maximum atomic E-state index is 12.4. The van der Waals surface area contributed by atoms with Crippen molar-refractivity contribution in [3.8, 4) is 5.75 Å². The Morgan fingerprint density at radius 3 is 2.67 bits per heavy atom. The number of carbonyl (C=O) groups is 2. The number of halogens is 3. The molecule has 0 unspecified atom stereocenters. The van der Waals surface area contributed by atoms with E-state index in [0.29, 0.717) is 23.1 Å². The Morgan fingerprint density at radius 2 is 2.08 bits per heavy atom. The fourth-order valence-electron chi connectivity index (χ4n) is 1.89. The zero-order valence-corrected chi connectivity index (χ0v) is 15.0. The van der Waals surface area contributed by atoms with Gasteiger partial charge in [0.15, 0.2) is 0 Å². The van der Waals surface area contributed by atoms with Crippen molar-refractivity contribution in [1.29, 1.82) is 0 Å². The molecule has 24 heavy (non-hydrogen) atoms. The van der Waals surface area contributed by atoms with E-state index in [2.05, 4.69) is 26.0 Å². The van der Waals surface area contributed by atoms with Gasteiger partial charge in [0.2, 0.25) is 11.8 Å². The first-order chi connectivity index (χ1) is 11.4. The third-order valence-electron chi connectivity index (χ3n) is 3.00. The summed E-state index contributed by atoms with van der Waals surface area (Å²) in [6.45, 7) is 1.33. The quantitative estimate of drug-likeness (QED) is 0.677. The molecule has 132 valence electrons. The van der Waals surface area contributed by atoms with Gasteiger partial charge in [-0.1, -0.05) is 15.9 Å². The van der Waals surface area contributed by atoms with Crippen molar-refractivity contribution in [3.05, 3.63) is 34.3 Å². The van der Waals surface area contributed by atoms with Crippen LogP contribution >= 0.6 is 15.9 Å². The van der Waals surface area contributed by atoms with E-state index in [1.807, 2.05) is 0 Å². The summed E-state index contributed by atoms with van der Waals surface area (Å²) in [4.78, 5) is 25.1. The van der Waals surface area contributed by atoms with Crippen molar-refractivity contribution in [2.75, 3.05) is 19.6 Å². The molecule has 0 heterocycles. The molecule has 1 aromatic carbocycles. The minimum Gasteiger partial charge on any atom is -0.434 e. The average molecular weight is 405 g/mol. The Hall–Kier alpha value is -1.96. The molecule has 2 amide bonds. The second-order valence-corrected chi connectivity index (χ2v) is 5.62. The molecule has 0 spiro atoms. The molecule has 1 N–H and O–H groups in total. The summed E-state index contributed by atoms with van der Waals surface area (Å²) in [7, 11) is 0. The number of rotatable bonds is 8. The monoisotopic (exact) mass is 404 g/mol.